The first-order valence-corrected chi connectivity index (χ1v) is 7.53. The van der Waals surface area contributed by atoms with Crippen LogP contribution in [-0.4, -0.2) is 14.2 Å². The Labute approximate surface area is 138 Å². The van der Waals surface area contributed by atoms with Gasteiger partial charge >= 0.3 is 0 Å². The highest BCUT2D eigenvalue weighted by Crippen LogP contribution is 2.22. The van der Waals surface area contributed by atoms with Crippen LogP contribution in [0.5, 0.6) is 11.5 Å². The van der Waals surface area contributed by atoms with E-state index < -0.39 is 0 Å². The minimum absolute atomic E-state index is 0.864. The molecule has 0 aliphatic heterocycles. The Hall–Kier alpha value is -2.74. The average molecular weight is 306 g/mol. The molecule has 3 aromatic carbocycles. The van der Waals surface area contributed by atoms with Crippen LogP contribution in [0.4, 0.5) is 0 Å². The first-order chi connectivity index (χ1) is 11.2. The fraction of sp³-hybridized carbons (Fsp3) is 0.143. The maximum absolute atomic E-state index is 5.09. The molecule has 0 fully saturated rings. The van der Waals surface area contributed by atoms with E-state index in [-0.39, 0.29) is 0 Å². The maximum Gasteiger partial charge on any atom is 0.122 e. The summed E-state index contributed by atoms with van der Waals surface area (Å²) in [6.07, 6.45) is 0. The van der Waals surface area contributed by atoms with Gasteiger partial charge in [-0.3, -0.25) is 0 Å². The van der Waals surface area contributed by atoms with E-state index >= 15 is 0 Å². The van der Waals surface area contributed by atoms with Crippen LogP contribution in [0.15, 0.2) is 78.9 Å². The van der Waals surface area contributed by atoms with Crippen LogP contribution >= 0.6 is 0 Å². The van der Waals surface area contributed by atoms with Crippen molar-refractivity contribution in [3.8, 4) is 22.6 Å². The average Bonchev–Trinajstić information content (AvgIpc) is 2.63. The van der Waals surface area contributed by atoms with Gasteiger partial charge in [0.2, 0.25) is 0 Å². The highest BCUT2D eigenvalue weighted by Gasteiger charge is 1.98. The van der Waals surface area contributed by atoms with Gasteiger partial charge in [0.15, 0.2) is 0 Å². The number of methoxy groups -OCH3 is 2. The molecular formula is C21H22O2. The molecule has 23 heavy (non-hydrogen) atoms. The van der Waals surface area contributed by atoms with Gasteiger partial charge in [0.05, 0.1) is 14.2 Å². The predicted molar refractivity (Wildman–Crippen MR) is 96.2 cm³/mol. The van der Waals surface area contributed by atoms with Crippen LogP contribution in [0.3, 0.4) is 0 Å². The largest absolute Gasteiger partial charge is 0.497 e. The van der Waals surface area contributed by atoms with Crippen LogP contribution < -0.4 is 9.47 Å². The Morgan fingerprint density at radius 2 is 1.13 bits per heavy atom. The lowest BCUT2D eigenvalue weighted by Crippen LogP contribution is -1.88. The summed E-state index contributed by atoms with van der Waals surface area (Å²) in [5, 5.41) is 0. The third-order valence-corrected chi connectivity index (χ3v) is 3.48. The summed E-state index contributed by atoms with van der Waals surface area (Å²) in [6, 6.07) is 26.5. The molecule has 0 aliphatic rings. The van der Waals surface area contributed by atoms with E-state index in [1.165, 1.54) is 11.1 Å². The molecule has 0 atom stereocenters. The number of rotatable bonds is 3. The number of ether oxygens (including phenoxy) is 2. The van der Waals surface area contributed by atoms with E-state index in [9.17, 15) is 0 Å². The number of benzene rings is 3. The second kappa shape index (κ2) is 8.64. The molecule has 0 N–H and O–H groups in total. The smallest absolute Gasteiger partial charge is 0.122 e. The summed E-state index contributed by atoms with van der Waals surface area (Å²) < 4.78 is 10.1. The Bertz CT molecular complexity index is 669. The van der Waals surface area contributed by atoms with Crippen molar-refractivity contribution in [2.75, 3.05) is 14.2 Å². The third kappa shape index (κ3) is 4.89. The number of hydrogen-bond acceptors (Lipinski definition) is 2. The molecule has 0 saturated heterocycles. The van der Waals surface area contributed by atoms with Crippen molar-refractivity contribution in [2.24, 2.45) is 0 Å². The van der Waals surface area contributed by atoms with E-state index in [0.717, 1.165) is 17.1 Å². The summed E-state index contributed by atoms with van der Waals surface area (Å²) in [5.41, 5.74) is 3.64. The van der Waals surface area contributed by atoms with Crippen molar-refractivity contribution in [1.82, 2.24) is 0 Å². The van der Waals surface area contributed by atoms with Crippen LogP contribution in [0.2, 0.25) is 0 Å². The molecule has 0 unspecified atom stereocenters. The summed E-state index contributed by atoms with van der Waals surface area (Å²) >= 11 is 0. The zero-order valence-corrected chi connectivity index (χ0v) is 13.8. The van der Waals surface area contributed by atoms with Crippen molar-refractivity contribution in [3.63, 3.8) is 0 Å². The van der Waals surface area contributed by atoms with Crippen LogP contribution in [-0.2, 0) is 0 Å². The van der Waals surface area contributed by atoms with Crippen molar-refractivity contribution >= 4 is 0 Å². The molecule has 0 radical (unpaired) electrons. The van der Waals surface area contributed by atoms with E-state index in [4.69, 9.17) is 9.47 Å². The van der Waals surface area contributed by atoms with Gasteiger partial charge in [-0.1, -0.05) is 60.7 Å². The third-order valence-electron chi connectivity index (χ3n) is 3.48. The van der Waals surface area contributed by atoms with E-state index in [0.29, 0.717) is 0 Å². The molecule has 2 heteroatoms. The molecule has 0 aliphatic carbocycles. The van der Waals surface area contributed by atoms with Gasteiger partial charge in [-0.15, -0.1) is 0 Å². The Kier molecular flexibility index (Phi) is 6.25. The van der Waals surface area contributed by atoms with Crippen molar-refractivity contribution in [1.29, 1.82) is 0 Å². The quantitative estimate of drug-likeness (QED) is 0.648. The second-order valence-electron chi connectivity index (χ2n) is 5.07. The zero-order valence-electron chi connectivity index (χ0n) is 13.8. The molecule has 3 aromatic rings. The lowest BCUT2D eigenvalue weighted by atomic mass is 10.1. The predicted octanol–water partition coefficient (Wildman–Crippen LogP) is 5.37. The van der Waals surface area contributed by atoms with Crippen molar-refractivity contribution < 1.29 is 9.47 Å². The van der Waals surface area contributed by atoms with E-state index in [2.05, 4.69) is 48.5 Å². The number of hydrogen-bond donors (Lipinski definition) is 0. The summed E-state index contributed by atoms with van der Waals surface area (Å²) in [6.45, 7) is 1.99. The van der Waals surface area contributed by atoms with Gasteiger partial charge in [-0.2, -0.15) is 0 Å². The van der Waals surface area contributed by atoms with Gasteiger partial charge in [0, 0.05) is 0 Å². The first-order valence-electron chi connectivity index (χ1n) is 7.53. The van der Waals surface area contributed by atoms with Crippen LogP contribution in [0, 0.1) is 6.92 Å². The fourth-order valence-electron chi connectivity index (χ4n) is 2.24. The van der Waals surface area contributed by atoms with E-state index in [1.54, 1.807) is 14.2 Å². The minimum Gasteiger partial charge on any atom is -0.497 e. The fourth-order valence-corrected chi connectivity index (χ4v) is 2.24. The van der Waals surface area contributed by atoms with Gasteiger partial charge < -0.3 is 9.47 Å². The first kappa shape index (κ1) is 16.6. The second-order valence-corrected chi connectivity index (χ2v) is 5.07. The molecule has 0 amide bonds. The lowest BCUT2D eigenvalue weighted by molar-refractivity contribution is 0.400. The van der Waals surface area contributed by atoms with E-state index in [1.807, 2.05) is 37.3 Å². The maximum atomic E-state index is 5.09. The normalized spacial score (nSPS) is 9.52. The molecule has 118 valence electrons. The lowest BCUT2D eigenvalue weighted by Gasteiger charge is -2.05. The van der Waals surface area contributed by atoms with Gasteiger partial charge in [0.25, 0.3) is 0 Å². The SMILES string of the molecule is COc1ccc(OC)c(C)c1.c1ccc(-c2ccccc2)cc1. The highest BCUT2D eigenvalue weighted by atomic mass is 16.5. The number of aryl methyl sites for hydroxylation is 1. The van der Waals surface area contributed by atoms with Gasteiger partial charge in [-0.05, 0) is 41.8 Å². The minimum atomic E-state index is 0.864. The van der Waals surface area contributed by atoms with Crippen molar-refractivity contribution in [3.05, 3.63) is 84.4 Å². The molecule has 0 heterocycles. The monoisotopic (exact) mass is 306 g/mol. The van der Waals surface area contributed by atoms with Crippen LogP contribution in [0.1, 0.15) is 5.56 Å². The molecule has 0 bridgehead atoms. The topological polar surface area (TPSA) is 18.5 Å². The summed E-state index contributed by atoms with van der Waals surface area (Å²) in [5.74, 6) is 1.76. The molecule has 2 nitrogen and oxygen atoms in total. The Morgan fingerprint density at radius 1 is 0.609 bits per heavy atom. The van der Waals surface area contributed by atoms with Gasteiger partial charge in [-0.25, -0.2) is 0 Å². The summed E-state index contributed by atoms with van der Waals surface area (Å²) in [7, 11) is 3.32. The molecule has 3 rings (SSSR count). The van der Waals surface area contributed by atoms with Crippen LogP contribution in [0.25, 0.3) is 11.1 Å². The standard InChI is InChI=1S/C12H10.C9H12O2/c1-3-7-11(8-4-1)12-9-5-2-6-10-12;1-7-6-8(10-2)4-5-9(7)11-3/h1-10H;4-6H,1-3H3. The Balaban J connectivity index is 0.000000168. The summed E-state index contributed by atoms with van der Waals surface area (Å²) in [4.78, 5) is 0. The molecular weight excluding hydrogens is 284 g/mol. The molecule has 0 spiro atoms. The van der Waals surface area contributed by atoms with Gasteiger partial charge in [0.1, 0.15) is 11.5 Å². The molecule has 0 aromatic heterocycles. The van der Waals surface area contributed by atoms with Crippen molar-refractivity contribution in [2.45, 2.75) is 6.92 Å². The molecule has 0 saturated carbocycles. The Morgan fingerprint density at radius 3 is 1.52 bits per heavy atom. The highest BCUT2D eigenvalue weighted by molar-refractivity contribution is 5.62. The zero-order chi connectivity index (χ0) is 16.5.